The van der Waals surface area contributed by atoms with Crippen molar-refractivity contribution in [2.75, 3.05) is 62.4 Å². The molecular weight excluding hydrogens is 408 g/mol. The fraction of sp³-hybridized carbons (Fsp3) is 0.391. The lowest BCUT2D eigenvalue weighted by Crippen LogP contribution is -2.30. The number of benzene rings is 1. The third kappa shape index (κ3) is 4.60. The first-order chi connectivity index (χ1) is 14.9. The van der Waals surface area contributed by atoms with E-state index in [1.807, 2.05) is 6.07 Å². The van der Waals surface area contributed by atoms with E-state index < -0.39 is 5.91 Å². The molecule has 0 aliphatic carbocycles. The predicted octanol–water partition coefficient (Wildman–Crippen LogP) is 2.80. The van der Waals surface area contributed by atoms with Crippen molar-refractivity contribution in [2.45, 2.75) is 12.8 Å². The summed E-state index contributed by atoms with van der Waals surface area (Å²) in [7, 11) is 4.21. The summed E-state index contributed by atoms with van der Waals surface area (Å²) in [5, 5.41) is 0.847. The fourth-order valence-corrected chi connectivity index (χ4v) is 5.05. The van der Waals surface area contributed by atoms with Gasteiger partial charge in [-0.05, 0) is 50.7 Å². The molecule has 4 N–H and O–H groups in total. The molecule has 0 saturated carbocycles. The van der Waals surface area contributed by atoms with E-state index in [-0.39, 0.29) is 0 Å². The van der Waals surface area contributed by atoms with E-state index in [1.165, 1.54) is 22.6 Å². The van der Waals surface area contributed by atoms with Crippen molar-refractivity contribution in [3.63, 3.8) is 0 Å². The summed E-state index contributed by atoms with van der Waals surface area (Å²) >= 11 is 1.27. The van der Waals surface area contributed by atoms with Crippen LogP contribution in [0.1, 0.15) is 21.7 Å². The standard InChI is InChI=1S/C23H30N6OS/c1-27(2)13-9-16-4-6-17(7-5-16)28-11-3-12-29(15-14-28)18-8-10-26-23-19(18)20(24)21(31-23)22(25)30/h4-8,10H,3,9,11-15,24H2,1-2H3,(H2,25,30). The molecule has 4 rings (SSSR count). The third-order valence-electron chi connectivity index (χ3n) is 5.82. The highest BCUT2D eigenvalue weighted by Crippen LogP contribution is 2.38. The summed E-state index contributed by atoms with van der Waals surface area (Å²) < 4.78 is 0. The Hall–Kier alpha value is -2.84. The van der Waals surface area contributed by atoms with Gasteiger partial charge in [0.15, 0.2) is 0 Å². The topological polar surface area (TPSA) is 91.7 Å². The summed E-state index contributed by atoms with van der Waals surface area (Å²) in [6.07, 6.45) is 3.89. The van der Waals surface area contributed by atoms with E-state index in [1.54, 1.807) is 6.20 Å². The van der Waals surface area contributed by atoms with Crippen LogP contribution in [0.3, 0.4) is 0 Å². The van der Waals surface area contributed by atoms with Gasteiger partial charge in [0, 0.05) is 44.6 Å². The quantitative estimate of drug-likeness (QED) is 0.615. The Morgan fingerprint density at radius 2 is 1.81 bits per heavy atom. The normalized spacial score (nSPS) is 14.9. The molecule has 7 nitrogen and oxygen atoms in total. The molecule has 1 aliphatic rings. The summed E-state index contributed by atoms with van der Waals surface area (Å²) in [4.78, 5) is 24.3. The molecule has 1 saturated heterocycles. The molecule has 0 bridgehead atoms. The Kier molecular flexibility index (Phi) is 6.29. The number of hydrogen-bond donors (Lipinski definition) is 2. The van der Waals surface area contributed by atoms with Gasteiger partial charge in [0.25, 0.3) is 5.91 Å². The number of primary amides is 1. The smallest absolute Gasteiger partial charge is 0.260 e. The Bertz CT molecular complexity index is 1060. The molecule has 164 valence electrons. The van der Waals surface area contributed by atoms with Crippen LogP contribution in [0.4, 0.5) is 17.1 Å². The average Bonchev–Trinajstić information content (AvgIpc) is 2.94. The molecule has 2 aromatic heterocycles. The van der Waals surface area contributed by atoms with Crippen LogP contribution in [0.5, 0.6) is 0 Å². The Balaban J connectivity index is 1.50. The van der Waals surface area contributed by atoms with E-state index in [0.29, 0.717) is 10.6 Å². The van der Waals surface area contributed by atoms with Gasteiger partial charge >= 0.3 is 0 Å². The first-order valence-corrected chi connectivity index (χ1v) is 11.5. The molecule has 0 spiro atoms. The van der Waals surface area contributed by atoms with Gasteiger partial charge in [0.1, 0.15) is 9.71 Å². The van der Waals surface area contributed by atoms with Crippen LogP contribution < -0.4 is 21.3 Å². The molecule has 31 heavy (non-hydrogen) atoms. The number of nitrogens with zero attached hydrogens (tertiary/aromatic N) is 4. The van der Waals surface area contributed by atoms with Crippen LogP contribution in [0.25, 0.3) is 10.2 Å². The molecule has 1 aliphatic heterocycles. The minimum Gasteiger partial charge on any atom is -0.397 e. The second-order valence-electron chi connectivity index (χ2n) is 8.27. The van der Waals surface area contributed by atoms with Crippen molar-refractivity contribution in [3.05, 3.63) is 47.0 Å². The molecule has 3 heterocycles. The Morgan fingerprint density at radius 3 is 2.52 bits per heavy atom. The minimum absolute atomic E-state index is 0.390. The zero-order valence-electron chi connectivity index (χ0n) is 18.2. The molecule has 1 aromatic carbocycles. The van der Waals surface area contributed by atoms with Gasteiger partial charge in [-0.15, -0.1) is 11.3 Å². The van der Waals surface area contributed by atoms with Gasteiger partial charge in [0.2, 0.25) is 0 Å². The number of nitrogen functional groups attached to an aromatic ring is 1. The van der Waals surface area contributed by atoms with Gasteiger partial charge in [-0.2, -0.15) is 0 Å². The van der Waals surface area contributed by atoms with Crippen LogP contribution in [0, 0.1) is 0 Å². The Morgan fingerprint density at radius 1 is 1.10 bits per heavy atom. The number of nitrogens with two attached hydrogens (primary N) is 2. The van der Waals surface area contributed by atoms with Crippen LogP contribution in [-0.4, -0.2) is 62.6 Å². The number of carbonyl (C=O) groups is 1. The number of hydrogen-bond acceptors (Lipinski definition) is 7. The number of anilines is 3. The Labute approximate surface area is 187 Å². The largest absolute Gasteiger partial charge is 0.397 e. The van der Waals surface area contributed by atoms with Gasteiger partial charge in [0.05, 0.1) is 16.8 Å². The van der Waals surface area contributed by atoms with E-state index >= 15 is 0 Å². The lowest BCUT2D eigenvalue weighted by molar-refractivity contribution is 0.100. The van der Waals surface area contributed by atoms with Gasteiger partial charge in [-0.3, -0.25) is 4.79 Å². The van der Waals surface area contributed by atoms with Crippen LogP contribution in [0.15, 0.2) is 36.5 Å². The molecule has 0 unspecified atom stereocenters. The number of likely N-dealkylation sites (N-methyl/N-ethyl adjacent to an activating group) is 1. The highest BCUT2D eigenvalue weighted by molar-refractivity contribution is 7.21. The minimum atomic E-state index is -0.498. The average molecular weight is 439 g/mol. The number of carbonyl (C=O) groups excluding carboxylic acids is 1. The van der Waals surface area contributed by atoms with Crippen molar-refractivity contribution in [1.82, 2.24) is 9.88 Å². The molecular formula is C23H30N6OS. The SMILES string of the molecule is CN(C)CCc1ccc(N2CCCN(c3ccnc4sc(C(N)=O)c(N)c34)CC2)cc1. The highest BCUT2D eigenvalue weighted by atomic mass is 32.1. The maximum Gasteiger partial charge on any atom is 0.260 e. The molecule has 3 aromatic rings. The van der Waals surface area contributed by atoms with Crippen molar-refractivity contribution in [3.8, 4) is 0 Å². The van der Waals surface area contributed by atoms with Crippen LogP contribution >= 0.6 is 11.3 Å². The number of fused-ring (bicyclic) bond motifs is 1. The van der Waals surface area contributed by atoms with E-state index in [0.717, 1.165) is 61.5 Å². The fourth-order valence-electron chi connectivity index (χ4n) is 4.12. The number of aromatic nitrogens is 1. The number of rotatable bonds is 6. The van der Waals surface area contributed by atoms with Crippen molar-refractivity contribution in [2.24, 2.45) is 5.73 Å². The predicted molar refractivity (Wildman–Crippen MR) is 130 cm³/mol. The van der Waals surface area contributed by atoms with Crippen molar-refractivity contribution in [1.29, 1.82) is 0 Å². The van der Waals surface area contributed by atoms with Gasteiger partial charge in [-0.1, -0.05) is 12.1 Å². The van der Waals surface area contributed by atoms with Gasteiger partial charge < -0.3 is 26.2 Å². The van der Waals surface area contributed by atoms with Gasteiger partial charge in [-0.25, -0.2) is 4.98 Å². The van der Waals surface area contributed by atoms with E-state index in [2.05, 4.69) is 58.0 Å². The van der Waals surface area contributed by atoms with Crippen molar-refractivity contribution >= 4 is 44.5 Å². The van der Waals surface area contributed by atoms with E-state index in [4.69, 9.17) is 11.5 Å². The first-order valence-electron chi connectivity index (χ1n) is 10.6. The summed E-state index contributed by atoms with van der Waals surface area (Å²) in [5.74, 6) is -0.498. The second-order valence-corrected chi connectivity index (χ2v) is 9.27. The third-order valence-corrected chi connectivity index (χ3v) is 6.94. The number of pyridine rings is 1. The summed E-state index contributed by atoms with van der Waals surface area (Å²) in [6, 6.07) is 10.9. The highest BCUT2D eigenvalue weighted by Gasteiger charge is 2.22. The van der Waals surface area contributed by atoms with Crippen molar-refractivity contribution < 1.29 is 4.79 Å². The zero-order chi connectivity index (χ0) is 22.0. The monoisotopic (exact) mass is 438 g/mol. The molecule has 0 atom stereocenters. The molecule has 1 fully saturated rings. The maximum absolute atomic E-state index is 11.7. The molecule has 0 radical (unpaired) electrons. The molecule has 1 amide bonds. The number of thiophene rings is 1. The summed E-state index contributed by atoms with van der Waals surface area (Å²) in [5.41, 5.74) is 15.9. The number of amides is 1. The zero-order valence-corrected chi connectivity index (χ0v) is 19.0. The lowest BCUT2D eigenvalue weighted by atomic mass is 10.1. The van der Waals surface area contributed by atoms with Crippen LogP contribution in [0.2, 0.25) is 0 Å². The maximum atomic E-state index is 11.7. The first kappa shape index (κ1) is 21.4. The van der Waals surface area contributed by atoms with Crippen LogP contribution in [-0.2, 0) is 6.42 Å². The lowest BCUT2D eigenvalue weighted by Gasteiger charge is -2.25. The van der Waals surface area contributed by atoms with E-state index in [9.17, 15) is 4.79 Å². The molecule has 8 heteroatoms. The summed E-state index contributed by atoms with van der Waals surface area (Å²) in [6.45, 7) is 4.79. The second kappa shape index (κ2) is 9.11.